The summed E-state index contributed by atoms with van der Waals surface area (Å²) in [6.45, 7) is 2.25. The highest BCUT2D eigenvalue weighted by Gasteiger charge is 2.40. The van der Waals surface area contributed by atoms with Crippen molar-refractivity contribution in [2.45, 2.75) is 47.9 Å². The first-order valence-electron chi connectivity index (χ1n) is 7.94. The Balaban J connectivity index is 2.30. The molecule has 1 aliphatic carbocycles. The quantitative estimate of drug-likeness (QED) is 0.679. The first-order chi connectivity index (χ1) is 11.2. The normalized spacial score (nSPS) is 25.5. The standard InChI is InChI=1S/C15H25N3O4S2/c1-12-5-3-4-10-15(12,11-16)18-24(21,22)14-8-6-13(7-9-14)23(19,20)17-2/h6-9,12,17-18H,3-5,10-11,16H2,1-2H3. The zero-order valence-electron chi connectivity index (χ0n) is 13.9. The zero-order chi connectivity index (χ0) is 18.0. The van der Waals surface area contributed by atoms with E-state index in [2.05, 4.69) is 9.44 Å². The first kappa shape index (κ1) is 19.3. The molecule has 0 aliphatic heterocycles. The summed E-state index contributed by atoms with van der Waals surface area (Å²) in [4.78, 5) is 0.0478. The van der Waals surface area contributed by atoms with Crippen LogP contribution < -0.4 is 15.2 Å². The van der Waals surface area contributed by atoms with Gasteiger partial charge in [-0.05, 0) is 50.1 Å². The number of nitrogens with one attached hydrogen (secondary N) is 2. The molecule has 9 heteroatoms. The Hall–Kier alpha value is -1.00. The third kappa shape index (κ3) is 3.80. The monoisotopic (exact) mass is 375 g/mol. The maximum Gasteiger partial charge on any atom is 0.241 e. The fourth-order valence-electron chi connectivity index (χ4n) is 3.15. The molecule has 4 N–H and O–H groups in total. The molecule has 0 spiro atoms. The minimum absolute atomic E-state index is 0.0172. The molecule has 24 heavy (non-hydrogen) atoms. The highest BCUT2D eigenvalue weighted by molar-refractivity contribution is 7.90. The van der Waals surface area contributed by atoms with Gasteiger partial charge in [-0.15, -0.1) is 0 Å². The summed E-state index contributed by atoms with van der Waals surface area (Å²) >= 11 is 0. The summed E-state index contributed by atoms with van der Waals surface area (Å²) in [5, 5.41) is 0. The minimum Gasteiger partial charge on any atom is -0.329 e. The molecule has 2 unspecified atom stereocenters. The van der Waals surface area contributed by atoms with Gasteiger partial charge in [0.25, 0.3) is 0 Å². The van der Waals surface area contributed by atoms with Crippen LogP contribution in [0, 0.1) is 5.92 Å². The van der Waals surface area contributed by atoms with Gasteiger partial charge in [0.05, 0.1) is 9.79 Å². The van der Waals surface area contributed by atoms with Gasteiger partial charge in [-0.2, -0.15) is 0 Å². The molecule has 136 valence electrons. The van der Waals surface area contributed by atoms with Crippen LogP contribution in [0.2, 0.25) is 0 Å². The molecular formula is C15H25N3O4S2. The van der Waals surface area contributed by atoms with Crippen molar-refractivity contribution in [3.8, 4) is 0 Å². The van der Waals surface area contributed by atoms with E-state index in [0.717, 1.165) is 19.3 Å². The number of hydrogen-bond donors (Lipinski definition) is 3. The molecule has 1 aromatic rings. The van der Waals surface area contributed by atoms with Crippen molar-refractivity contribution in [1.29, 1.82) is 0 Å². The minimum atomic E-state index is -3.78. The van der Waals surface area contributed by atoms with Gasteiger partial charge in [0, 0.05) is 12.1 Å². The van der Waals surface area contributed by atoms with E-state index in [9.17, 15) is 16.8 Å². The number of hydrogen-bond acceptors (Lipinski definition) is 5. The van der Waals surface area contributed by atoms with E-state index in [1.807, 2.05) is 6.92 Å². The molecule has 0 radical (unpaired) electrons. The molecule has 2 atom stereocenters. The van der Waals surface area contributed by atoms with E-state index >= 15 is 0 Å². The maximum atomic E-state index is 12.7. The van der Waals surface area contributed by atoms with Crippen LogP contribution in [-0.4, -0.2) is 36.0 Å². The largest absolute Gasteiger partial charge is 0.329 e. The average molecular weight is 376 g/mol. The Morgan fingerprint density at radius 1 is 1.08 bits per heavy atom. The number of benzene rings is 1. The van der Waals surface area contributed by atoms with Crippen molar-refractivity contribution in [1.82, 2.24) is 9.44 Å². The van der Waals surface area contributed by atoms with E-state index in [0.29, 0.717) is 6.42 Å². The zero-order valence-corrected chi connectivity index (χ0v) is 15.6. The second kappa shape index (κ2) is 7.09. The Labute approximate surface area is 144 Å². The van der Waals surface area contributed by atoms with Gasteiger partial charge in [0.15, 0.2) is 0 Å². The Kier molecular flexibility index (Phi) is 5.71. The summed E-state index contributed by atoms with van der Waals surface area (Å²) in [6.07, 6.45) is 3.64. The van der Waals surface area contributed by atoms with Crippen LogP contribution in [-0.2, 0) is 20.0 Å². The van der Waals surface area contributed by atoms with Crippen molar-refractivity contribution in [3.05, 3.63) is 24.3 Å². The molecule has 0 saturated heterocycles. The molecule has 1 aromatic carbocycles. The second-order valence-electron chi connectivity index (χ2n) is 6.29. The van der Waals surface area contributed by atoms with E-state index in [1.54, 1.807) is 0 Å². The van der Waals surface area contributed by atoms with Crippen LogP contribution in [0.5, 0.6) is 0 Å². The van der Waals surface area contributed by atoms with Gasteiger partial charge in [-0.1, -0.05) is 19.8 Å². The van der Waals surface area contributed by atoms with E-state index < -0.39 is 25.6 Å². The van der Waals surface area contributed by atoms with Gasteiger partial charge in [0.2, 0.25) is 20.0 Å². The summed E-state index contributed by atoms with van der Waals surface area (Å²) in [5.74, 6) is 0.148. The predicted molar refractivity (Wildman–Crippen MR) is 92.4 cm³/mol. The van der Waals surface area contributed by atoms with Crippen molar-refractivity contribution in [2.24, 2.45) is 11.7 Å². The molecule has 7 nitrogen and oxygen atoms in total. The van der Waals surface area contributed by atoms with Crippen LogP contribution in [0.1, 0.15) is 32.6 Å². The Bertz CT molecular complexity index is 775. The van der Waals surface area contributed by atoms with Gasteiger partial charge in [0.1, 0.15) is 0 Å². The van der Waals surface area contributed by atoms with Gasteiger partial charge in [-0.3, -0.25) is 0 Å². The smallest absolute Gasteiger partial charge is 0.241 e. The third-order valence-corrected chi connectivity index (χ3v) is 7.87. The van der Waals surface area contributed by atoms with Gasteiger partial charge >= 0.3 is 0 Å². The average Bonchev–Trinajstić information content (AvgIpc) is 2.57. The van der Waals surface area contributed by atoms with Crippen LogP contribution >= 0.6 is 0 Å². The van der Waals surface area contributed by atoms with Crippen molar-refractivity contribution >= 4 is 20.0 Å². The second-order valence-corrected chi connectivity index (χ2v) is 9.86. The summed E-state index contributed by atoms with van der Waals surface area (Å²) in [6, 6.07) is 5.15. The Morgan fingerprint density at radius 3 is 2.08 bits per heavy atom. The highest BCUT2D eigenvalue weighted by atomic mass is 32.2. The first-order valence-corrected chi connectivity index (χ1v) is 10.9. The maximum absolute atomic E-state index is 12.7. The van der Waals surface area contributed by atoms with E-state index in [1.165, 1.54) is 31.3 Å². The molecule has 0 amide bonds. The van der Waals surface area contributed by atoms with E-state index in [4.69, 9.17) is 5.73 Å². The number of rotatable bonds is 6. The fraction of sp³-hybridized carbons (Fsp3) is 0.600. The molecule has 1 fully saturated rings. The van der Waals surface area contributed by atoms with Crippen LogP contribution in [0.4, 0.5) is 0 Å². The highest BCUT2D eigenvalue weighted by Crippen LogP contribution is 2.34. The molecule has 0 heterocycles. The van der Waals surface area contributed by atoms with Gasteiger partial charge in [-0.25, -0.2) is 26.3 Å². The topological polar surface area (TPSA) is 118 Å². The molecule has 2 rings (SSSR count). The van der Waals surface area contributed by atoms with Crippen LogP contribution in [0.3, 0.4) is 0 Å². The van der Waals surface area contributed by atoms with Crippen molar-refractivity contribution in [2.75, 3.05) is 13.6 Å². The van der Waals surface area contributed by atoms with Crippen LogP contribution in [0.25, 0.3) is 0 Å². The lowest BCUT2D eigenvalue weighted by Gasteiger charge is -2.42. The van der Waals surface area contributed by atoms with Crippen molar-refractivity contribution < 1.29 is 16.8 Å². The molecule has 1 saturated carbocycles. The lowest BCUT2D eigenvalue weighted by atomic mass is 9.74. The summed E-state index contributed by atoms with van der Waals surface area (Å²) < 4.78 is 53.8. The summed E-state index contributed by atoms with van der Waals surface area (Å²) in [7, 11) is -6.07. The van der Waals surface area contributed by atoms with Crippen LogP contribution in [0.15, 0.2) is 34.1 Å². The molecule has 0 bridgehead atoms. The van der Waals surface area contributed by atoms with E-state index in [-0.39, 0.29) is 22.3 Å². The lowest BCUT2D eigenvalue weighted by molar-refractivity contribution is 0.191. The molecule has 1 aliphatic rings. The molecular weight excluding hydrogens is 350 g/mol. The van der Waals surface area contributed by atoms with Crippen molar-refractivity contribution in [3.63, 3.8) is 0 Å². The fourth-order valence-corrected chi connectivity index (χ4v) is 5.42. The Morgan fingerprint density at radius 2 is 1.62 bits per heavy atom. The van der Waals surface area contributed by atoms with Gasteiger partial charge < -0.3 is 5.73 Å². The lowest BCUT2D eigenvalue weighted by Crippen LogP contribution is -2.58. The predicted octanol–water partition coefficient (Wildman–Crippen LogP) is 0.781. The SMILES string of the molecule is CNS(=O)(=O)c1ccc(S(=O)(=O)NC2(CN)CCCCC2C)cc1. The summed E-state index contributed by atoms with van der Waals surface area (Å²) in [5.41, 5.74) is 5.25. The number of sulfonamides is 2. The number of nitrogens with two attached hydrogens (primary N) is 1. The third-order valence-electron chi connectivity index (χ3n) is 4.87. The molecule has 0 aromatic heterocycles.